The van der Waals surface area contributed by atoms with Crippen LogP contribution in [-0.2, 0) is 13.9 Å². The second-order valence-electron chi connectivity index (χ2n) is 7.25. The lowest BCUT2D eigenvalue weighted by Gasteiger charge is -2.46. The zero-order valence-electron chi connectivity index (χ0n) is 17.2. The highest BCUT2D eigenvalue weighted by Gasteiger charge is 2.39. The number of carbonyl (C=O) groups is 1. The van der Waals surface area contributed by atoms with Crippen LogP contribution in [0.25, 0.3) is 0 Å². The van der Waals surface area contributed by atoms with Crippen LogP contribution in [0.1, 0.15) is 65.7 Å². The van der Waals surface area contributed by atoms with E-state index in [2.05, 4.69) is 27.4 Å². The maximum atomic E-state index is 11.8. The standard InChI is InChI=1S/C19H38NO6P/c1-5-9-12-20(13-10-6-2,14-11-7-3)17(16-26-27(23,24)25)15-19(22)18(21)8-4/h8,17,19,22H,4-7,9-16H2,1-3H3,(H-,23,24,25)/p+1. The van der Waals surface area contributed by atoms with Crippen LogP contribution >= 0.6 is 7.82 Å². The Labute approximate surface area is 164 Å². The first-order valence-electron chi connectivity index (χ1n) is 10.1. The number of phosphoric acid groups is 1. The van der Waals surface area contributed by atoms with Gasteiger partial charge < -0.3 is 19.4 Å². The van der Waals surface area contributed by atoms with E-state index in [4.69, 9.17) is 4.52 Å². The summed E-state index contributed by atoms with van der Waals surface area (Å²) < 4.78 is 16.8. The Morgan fingerprint density at radius 2 is 1.52 bits per heavy atom. The summed E-state index contributed by atoms with van der Waals surface area (Å²) in [6.45, 7) is 12.0. The average molecular weight is 408 g/mol. The molecule has 2 unspecified atom stereocenters. The molecule has 0 aliphatic heterocycles. The van der Waals surface area contributed by atoms with E-state index in [0.29, 0.717) is 4.48 Å². The number of aliphatic hydroxyl groups excluding tert-OH is 1. The van der Waals surface area contributed by atoms with Crippen molar-refractivity contribution in [3.8, 4) is 0 Å². The molecule has 27 heavy (non-hydrogen) atoms. The number of quaternary nitrogens is 1. The van der Waals surface area contributed by atoms with Crippen molar-refractivity contribution in [1.29, 1.82) is 0 Å². The lowest BCUT2D eigenvalue weighted by molar-refractivity contribution is -0.952. The molecule has 2 atom stereocenters. The molecule has 0 aromatic carbocycles. The number of ketones is 1. The van der Waals surface area contributed by atoms with Gasteiger partial charge in [-0.25, -0.2) is 4.57 Å². The Morgan fingerprint density at radius 1 is 1.07 bits per heavy atom. The first-order chi connectivity index (χ1) is 12.7. The third-order valence-electron chi connectivity index (χ3n) is 5.11. The van der Waals surface area contributed by atoms with E-state index < -0.39 is 19.7 Å². The molecule has 0 aliphatic carbocycles. The van der Waals surface area contributed by atoms with Gasteiger partial charge >= 0.3 is 7.82 Å². The van der Waals surface area contributed by atoms with Gasteiger partial charge in [0.2, 0.25) is 0 Å². The number of hydrogen-bond donors (Lipinski definition) is 3. The van der Waals surface area contributed by atoms with Gasteiger partial charge in [-0.1, -0.05) is 46.6 Å². The molecule has 7 nitrogen and oxygen atoms in total. The second kappa shape index (κ2) is 13.6. The van der Waals surface area contributed by atoms with Gasteiger partial charge in [0.1, 0.15) is 18.8 Å². The monoisotopic (exact) mass is 408 g/mol. The van der Waals surface area contributed by atoms with Crippen molar-refractivity contribution in [3.05, 3.63) is 12.7 Å². The maximum Gasteiger partial charge on any atom is 0.469 e. The summed E-state index contributed by atoms with van der Waals surface area (Å²) in [5, 5.41) is 10.3. The van der Waals surface area contributed by atoms with E-state index in [0.717, 1.165) is 64.2 Å². The summed E-state index contributed by atoms with van der Waals surface area (Å²) in [5.41, 5.74) is 0. The van der Waals surface area contributed by atoms with Crippen molar-refractivity contribution in [2.24, 2.45) is 0 Å². The highest BCUT2D eigenvalue weighted by molar-refractivity contribution is 7.46. The van der Waals surface area contributed by atoms with Gasteiger partial charge in [-0.05, 0) is 25.3 Å². The van der Waals surface area contributed by atoms with Gasteiger partial charge in [0, 0.05) is 6.42 Å². The summed E-state index contributed by atoms with van der Waals surface area (Å²) in [5.74, 6) is -0.476. The molecule has 0 aromatic rings. The van der Waals surface area contributed by atoms with Crippen molar-refractivity contribution >= 4 is 13.6 Å². The summed E-state index contributed by atoms with van der Waals surface area (Å²) in [4.78, 5) is 30.2. The zero-order chi connectivity index (χ0) is 20.9. The smallest absolute Gasteiger partial charge is 0.385 e. The second-order valence-corrected chi connectivity index (χ2v) is 8.49. The van der Waals surface area contributed by atoms with Crippen LogP contribution in [0.4, 0.5) is 0 Å². The van der Waals surface area contributed by atoms with Crippen molar-refractivity contribution < 1.29 is 33.3 Å². The number of aliphatic hydroxyl groups is 1. The zero-order valence-corrected chi connectivity index (χ0v) is 18.1. The highest BCUT2D eigenvalue weighted by atomic mass is 31.2. The predicted molar refractivity (Wildman–Crippen MR) is 107 cm³/mol. The van der Waals surface area contributed by atoms with Gasteiger partial charge in [0.25, 0.3) is 0 Å². The summed E-state index contributed by atoms with van der Waals surface area (Å²) in [6, 6.07) is -0.374. The summed E-state index contributed by atoms with van der Waals surface area (Å²) in [6.07, 6.45) is 5.83. The van der Waals surface area contributed by atoms with Crippen LogP contribution in [0, 0.1) is 0 Å². The van der Waals surface area contributed by atoms with E-state index in [1.54, 1.807) is 0 Å². The van der Waals surface area contributed by atoms with Crippen LogP contribution in [0.3, 0.4) is 0 Å². The lowest BCUT2D eigenvalue weighted by Crippen LogP contribution is -2.60. The van der Waals surface area contributed by atoms with E-state index in [1.807, 2.05) is 0 Å². The van der Waals surface area contributed by atoms with E-state index in [9.17, 15) is 24.3 Å². The Morgan fingerprint density at radius 3 is 1.85 bits per heavy atom. The van der Waals surface area contributed by atoms with Crippen molar-refractivity contribution in [2.45, 2.75) is 77.9 Å². The minimum absolute atomic E-state index is 0.0992. The molecule has 0 fully saturated rings. The lowest BCUT2D eigenvalue weighted by atomic mass is 9.99. The number of rotatable bonds is 17. The minimum Gasteiger partial charge on any atom is -0.385 e. The first kappa shape index (κ1) is 26.4. The molecular weight excluding hydrogens is 369 g/mol. The highest BCUT2D eigenvalue weighted by Crippen LogP contribution is 2.37. The van der Waals surface area contributed by atoms with Crippen LogP contribution in [0.5, 0.6) is 0 Å². The molecule has 160 valence electrons. The number of carbonyl (C=O) groups excluding carboxylic acids is 1. The third-order valence-corrected chi connectivity index (χ3v) is 5.59. The molecule has 0 spiro atoms. The molecule has 8 heteroatoms. The SMILES string of the molecule is C=CC(=O)C(O)CC(COP(=O)(O)O)[N+](CCCC)(CCCC)CCCC. The van der Waals surface area contributed by atoms with Gasteiger partial charge in [-0.15, -0.1) is 0 Å². The Kier molecular flexibility index (Phi) is 13.3. The van der Waals surface area contributed by atoms with E-state index >= 15 is 0 Å². The fourth-order valence-corrected chi connectivity index (χ4v) is 3.81. The molecule has 0 saturated heterocycles. The quantitative estimate of drug-likeness (QED) is 0.194. The van der Waals surface area contributed by atoms with Crippen LogP contribution in [0.15, 0.2) is 12.7 Å². The molecule has 3 N–H and O–H groups in total. The predicted octanol–water partition coefficient (Wildman–Crippen LogP) is 3.19. The molecular formula is C19H39NO6P+. The summed E-state index contributed by atoms with van der Waals surface area (Å²) in [7, 11) is -4.64. The van der Waals surface area contributed by atoms with Crippen molar-refractivity contribution in [3.63, 3.8) is 0 Å². The molecule has 0 bridgehead atoms. The van der Waals surface area contributed by atoms with Crippen LogP contribution in [0.2, 0.25) is 0 Å². The van der Waals surface area contributed by atoms with Gasteiger partial charge in [0.15, 0.2) is 5.78 Å². The number of unbranched alkanes of at least 4 members (excludes halogenated alkanes) is 3. The normalized spacial score (nSPS) is 14.7. The first-order valence-corrected chi connectivity index (χ1v) is 11.6. The molecule has 0 aliphatic rings. The number of hydrogen-bond acceptors (Lipinski definition) is 4. The molecule has 0 saturated carbocycles. The van der Waals surface area contributed by atoms with Crippen LogP contribution < -0.4 is 0 Å². The van der Waals surface area contributed by atoms with Gasteiger partial charge in [-0.3, -0.25) is 9.32 Å². The van der Waals surface area contributed by atoms with Crippen molar-refractivity contribution in [1.82, 2.24) is 0 Å². The number of nitrogens with zero attached hydrogens (tertiary/aromatic N) is 1. The third kappa shape index (κ3) is 10.5. The fraction of sp³-hybridized carbons (Fsp3) is 0.842. The Balaban J connectivity index is 5.78. The minimum atomic E-state index is -4.64. The van der Waals surface area contributed by atoms with Crippen molar-refractivity contribution in [2.75, 3.05) is 26.2 Å². The van der Waals surface area contributed by atoms with Crippen LogP contribution in [-0.4, -0.2) is 63.5 Å². The molecule has 0 heterocycles. The fourth-order valence-electron chi connectivity index (χ4n) is 3.44. The summed E-state index contributed by atoms with van der Waals surface area (Å²) >= 11 is 0. The average Bonchev–Trinajstić information content (AvgIpc) is 2.63. The van der Waals surface area contributed by atoms with Gasteiger partial charge in [0.05, 0.1) is 19.6 Å². The van der Waals surface area contributed by atoms with Gasteiger partial charge in [-0.2, -0.15) is 0 Å². The molecule has 0 radical (unpaired) electrons. The molecule has 0 amide bonds. The van der Waals surface area contributed by atoms with E-state index in [-0.39, 0.29) is 19.1 Å². The Bertz CT molecular complexity index is 457. The molecule has 0 rings (SSSR count). The largest absolute Gasteiger partial charge is 0.469 e. The maximum absolute atomic E-state index is 11.8. The number of phosphoric ester groups is 1. The topological polar surface area (TPSA) is 104 Å². The Hall–Kier alpha value is -0.560. The van der Waals surface area contributed by atoms with E-state index in [1.165, 1.54) is 0 Å². The molecule has 0 aromatic heterocycles.